The van der Waals surface area contributed by atoms with E-state index >= 15 is 0 Å². The molecule has 1 unspecified atom stereocenters. The molecule has 0 aliphatic carbocycles. The first-order valence-corrected chi connectivity index (χ1v) is 5.98. The van der Waals surface area contributed by atoms with Crippen LogP contribution in [0.25, 0.3) is 0 Å². The summed E-state index contributed by atoms with van der Waals surface area (Å²) in [5.74, 6) is 0.976. The third-order valence-corrected chi connectivity index (χ3v) is 2.71. The van der Waals surface area contributed by atoms with Crippen molar-refractivity contribution in [3.63, 3.8) is 0 Å². The van der Waals surface area contributed by atoms with Gasteiger partial charge in [0.1, 0.15) is 11.6 Å². The molecule has 3 aromatic rings. The van der Waals surface area contributed by atoms with Crippen molar-refractivity contribution >= 4 is 11.6 Å². The molecule has 0 fully saturated rings. The van der Waals surface area contributed by atoms with Gasteiger partial charge in [0, 0.05) is 12.4 Å². The minimum absolute atomic E-state index is 0.240. The van der Waals surface area contributed by atoms with E-state index in [4.69, 9.17) is 8.83 Å². The van der Waals surface area contributed by atoms with Crippen LogP contribution in [0.4, 0.5) is 5.82 Å². The normalized spacial score (nSPS) is 12.0. The van der Waals surface area contributed by atoms with Gasteiger partial charge >= 0.3 is 0 Å². The topological polar surface area (TPSA) is 81.2 Å². The van der Waals surface area contributed by atoms with Gasteiger partial charge in [-0.25, -0.2) is 4.98 Å². The number of nitrogens with zero attached hydrogens (tertiary/aromatic N) is 2. The fourth-order valence-electron chi connectivity index (χ4n) is 1.80. The molecular weight excluding hydrogens is 258 g/mol. The maximum absolute atomic E-state index is 12.4. The van der Waals surface area contributed by atoms with Gasteiger partial charge in [0.05, 0.1) is 18.7 Å². The summed E-state index contributed by atoms with van der Waals surface area (Å²) < 4.78 is 10.5. The minimum Gasteiger partial charge on any atom is -0.467 e. The summed E-state index contributed by atoms with van der Waals surface area (Å²) in [6, 6.07) is 5.99. The van der Waals surface area contributed by atoms with E-state index in [-0.39, 0.29) is 11.5 Å². The van der Waals surface area contributed by atoms with Crippen molar-refractivity contribution in [1.29, 1.82) is 0 Å². The van der Waals surface area contributed by atoms with Gasteiger partial charge in [-0.1, -0.05) is 0 Å². The Morgan fingerprint density at radius 2 is 2.00 bits per heavy atom. The molecule has 100 valence electrons. The van der Waals surface area contributed by atoms with Crippen LogP contribution >= 0.6 is 0 Å². The highest BCUT2D eigenvalue weighted by Crippen LogP contribution is 2.23. The zero-order chi connectivity index (χ0) is 13.8. The fourth-order valence-corrected chi connectivity index (χ4v) is 1.80. The highest BCUT2D eigenvalue weighted by Gasteiger charge is 2.26. The first-order valence-electron chi connectivity index (χ1n) is 5.98. The van der Waals surface area contributed by atoms with Crippen LogP contribution in [0.2, 0.25) is 0 Å². The summed E-state index contributed by atoms with van der Waals surface area (Å²) in [5, 5.41) is 2.99. The largest absolute Gasteiger partial charge is 0.467 e. The summed E-state index contributed by atoms with van der Waals surface area (Å²) in [6.07, 6.45) is 7.59. The van der Waals surface area contributed by atoms with E-state index in [1.165, 1.54) is 18.7 Å². The van der Waals surface area contributed by atoms with E-state index in [1.54, 1.807) is 36.7 Å². The maximum atomic E-state index is 12.4. The van der Waals surface area contributed by atoms with Crippen LogP contribution in [0.15, 0.2) is 64.2 Å². The quantitative estimate of drug-likeness (QED) is 0.717. The van der Waals surface area contributed by atoms with Crippen molar-refractivity contribution in [3.05, 3.63) is 66.9 Å². The molecule has 0 aliphatic heterocycles. The van der Waals surface area contributed by atoms with E-state index in [1.807, 2.05) is 0 Å². The Morgan fingerprint density at radius 3 is 2.65 bits per heavy atom. The Hall–Kier alpha value is -2.89. The maximum Gasteiger partial charge on any atom is 0.227 e. The predicted molar refractivity (Wildman–Crippen MR) is 70.1 cm³/mol. The van der Waals surface area contributed by atoms with Crippen LogP contribution in [-0.2, 0) is 0 Å². The van der Waals surface area contributed by atoms with Crippen molar-refractivity contribution in [3.8, 4) is 0 Å². The summed E-state index contributed by atoms with van der Waals surface area (Å²) in [7, 11) is 0. The molecule has 3 rings (SSSR count). The Balaban J connectivity index is 1.91. The minimum atomic E-state index is -0.715. The van der Waals surface area contributed by atoms with E-state index in [9.17, 15) is 4.79 Å². The molecule has 0 aromatic carbocycles. The van der Waals surface area contributed by atoms with Gasteiger partial charge in [-0.15, -0.1) is 0 Å². The molecule has 1 atom stereocenters. The fraction of sp³-hybridized carbons (Fsp3) is 0.0714. The Bertz CT molecular complexity index is 663. The average molecular weight is 269 g/mol. The highest BCUT2D eigenvalue weighted by molar-refractivity contribution is 5.99. The summed E-state index contributed by atoms with van der Waals surface area (Å²) in [4.78, 5) is 20.5. The average Bonchev–Trinajstić information content (AvgIpc) is 3.18. The molecular formula is C14H11N3O3. The zero-order valence-corrected chi connectivity index (χ0v) is 10.4. The van der Waals surface area contributed by atoms with Crippen LogP contribution in [-0.4, -0.2) is 15.8 Å². The molecule has 0 saturated carbocycles. The lowest BCUT2D eigenvalue weighted by Crippen LogP contribution is -2.21. The lowest BCUT2D eigenvalue weighted by molar-refractivity contribution is 0.0933. The summed E-state index contributed by atoms with van der Waals surface area (Å²) in [5.41, 5.74) is 0. The standard InChI is InChI=1S/C14H11N3O3/c18-14(11-4-2-8-20-11)13(10-3-1-7-19-10)17-12-9-15-5-6-16-12/h1-9,13H,(H,16,17). The van der Waals surface area contributed by atoms with Crippen molar-refractivity contribution in [2.75, 3.05) is 5.32 Å². The number of rotatable bonds is 5. The first-order chi connectivity index (χ1) is 9.84. The molecule has 0 saturated heterocycles. The van der Waals surface area contributed by atoms with Crippen molar-refractivity contribution in [2.45, 2.75) is 6.04 Å². The molecule has 3 heterocycles. The highest BCUT2D eigenvalue weighted by atomic mass is 16.3. The molecule has 20 heavy (non-hydrogen) atoms. The number of anilines is 1. The third kappa shape index (κ3) is 2.44. The number of ketones is 1. The molecule has 0 spiro atoms. The third-order valence-electron chi connectivity index (χ3n) is 2.71. The Morgan fingerprint density at radius 1 is 1.15 bits per heavy atom. The van der Waals surface area contributed by atoms with Gasteiger partial charge in [-0.3, -0.25) is 9.78 Å². The molecule has 3 aromatic heterocycles. The first kappa shape index (κ1) is 12.2. The number of Topliss-reactive ketones (excluding diaryl/α,β-unsaturated/α-hetero) is 1. The van der Waals surface area contributed by atoms with Crippen LogP contribution < -0.4 is 5.32 Å². The number of hydrogen-bond donors (Lipinski definition) is 1. The second kappa shape index (κ2) is 5.40. The Kier molecular flexibility index (Phi) is 3.28. The van der Waals surface area contributed by atoms with Crippen LogP contribution in [0, 0.1) is 0 Å². The van der Waals surface area contributed by atoms with Gasteiger partial charge < -0.3 is 14.2 Å². The molecule has 0 amide bonds. The Labute approximate surface area is 114 Å². The molecule has 0 radical (unpaired) electrons. The van der Waals surface area contributed by atoms with Gasteiger partial charge in [0.2, 0.25) is 5.78 Å². The van der Waals surface area contributed by atoms with E-state index in [2.05, 4.69) is 15.3 Å². The van der Waals surface area contributed by atoms with Crippen molar-refractivity contribution in [1.82, 2.24) is 9.97 Å². The number of hydrogen-bond acceptors (Lipinski definition) is 6. The lowest BCUT2D eigenvalue weighted by atomic mass is 10.1. The van der Waals surface area contributed by atoms with Crippen molar-refractivity contribution in [2.24, 2.45) is 0 Å². The monoisotopic (exact) mass is 269 g/mol. The number of furan rings is 2. The SMILES string of the molecule is O=C(c1ccco1)C(Nc1cnccn1)c1ccco1. The number of carbonyl (C=O) groups excluding carboxylic acids is 1. The van der Waals surface area contributed by atoms with Gasteiger partial charge in [0.25, 0.3) is 0 Å². The van der Waals surface area contributed by atoms with E-state index < -0.39 is 6.04 Å². The second-order valence-electron chi connectivity index (χ2n) is 4.02. The predicted octanol–water partition coefficient (Wildman–Crippen LogP) is 2.70. The summed E-state index contributed by atoms with van der Waals surface area (Å²) >= 11 is 0. The van der Waals surface area contributed by atoms with E-state index in [0.717, 1.165) is 0 Å². The number of aromatic nitrogens is 2. The molecule has 0 bridgehead atoms. The van der Waals surface area contributed by atoms with Crippen LogP contribution in [0.5, 0.6) is 0 Å². The molecule has 6 heteroatoms. The zero-order valence-electron chi connectivity index (χ0n) is 10.4. The molecule has 0 aliphatic rings. The van der Waals surface area contributed by atoms with Crippen LogP contribution in [0.1, 0.15) is 22.4 Å². The van der Waals surface area contributed by atoms with Gasteiger partial charge in [0.15, 0.2) is 11.8 Å². The van der Waals surface area contributed by atoms with Crippen LogP contribution in [0.3, 0.4) is 0 Å². The lowest BCUT2D eigenvalue weighted by Gasteiger charge is -2.14. The number of carbonyl (C=O) groups is 1. The molecule has 1 N–H and O–H groups in total. The summed E-state index contributed by atoms with van der Waals surface area (Å²) in [6.45, 7) is 0. The molecule has 6 nitrogen and oxygen atoms in total. The second-order valence-corrected chi connectivity index (χ2v) is 4.02. The van der Waals surface area contributed by atoms with Crippen molar-refractivity contribution < 1.29 is 13.6 Å². The smallest absolute Gasteiger partial charge is 0.227 e. The number of nitrogens with one attached hydrogen (secondary N) is 1. The van der Waals surface area contributed by atoms with Gasteiger partial charge in [-0.2, -0.15) is 0 Å². The van der Waals surface area contributed by atoms with E-state index in [0.29, 0.717) is 11.6 Å². The van der Waals surface area contributed by atoms with Gasteiger partial charge in [-0.05, 0) is 24.3 Å².